The molecule has 0 aliphatic rings. The molecule has 2 heterocycles. The summed E-state index contributed by atoms with van der Waals surface area (Å²) in [4.78, 5) is 18.3. The van der Waals surface area contributed by atoms with Crippen LogP contribution in [0.15, 0.2) is 40.6 Å². The average Bonchev–Trinajstić information content (AvgIpc) is 3.36. The molecule has 1 aromatic carbocycles. The molecule has 7 nitrogen and oxygen atoms in total. The Morgan fingerprint density at radius 1 is 1.27 bits per heavy atom. The third-order valence-electron chi connectivity index (χ3n) is 4.93. The van der Waals surface area contributed by atoms with Gasteiger partial charge in [-0.05, 0) is 36.1 Å². The molecule has 2 aromatic heterocycles. The second-order valence-corrected chi connectivity index (χ2v) is 10.5. The molecular formula is C21H28N4O3S2. The minimum Gasteiger partial charge on any atom is -0.351 e. The van der Waals surface area contributed by atoms with E-state index in [9.17, 15) is 13.2 Å². The maximum absolute atomic E-state index is 12.5. The minimum atomic E-state index is -3.52. The van der Waals surface area contributed by atoms with Crippen molar-refractivity contribution < 1.29 is 13.2 Å². The van der Waals surface area contributed by atoms with Crippen LogP contribution in [0.2, 0.25) is 0 Å². The van der Waals surface area contributed by atoms with Crippen molar-refractivity contribution in [3.8, 4) is 0 Å². The van der Waals surface area contributed by atoms with Gasteiger partial charge in [-0.1, -0.05) is 19.4 Å². The van der Waals surface area contributed by atoms with Gasteiger partial charge in [-0.25, -0.2) is 17.7 Å². The summed E-state index contributed by atoms with van der Waals surface area (Å²) in [5, 5.41) is 4.93. The molecule has 0 saturated heterocycles. The quantitative estimate of drug-likeness (QED) is 0.515. The Balaban J connectivity index is 1.80. The third-order valence-corrected chi connectivity index (χ3v) is 7.62. The topological polar surface area (TPSA) is 84.3 Å². The molecule has 9 heteroatoms. The van der Waals surface area contributed by atoms with Crippen LogP contribution >= 0.6 is 11.3 Å². The van der Waals surface area contributed by atoms with Crippen LogP contribution in [0.1, 0.15) is 36.9 Å². The normalized spacial score (nSPS) is 12.0. The second-order valence-electron chi connectivity index (χ2n) is 7.33. The fourth-order valence-corrected chi connectivity index (χ4v) is 4.77. The first-order valence-electron chi connectivity index (χ1n) is 10.0. The van der Waals surface area contributed by atoms with E-state index in [1.54, 1.807) is 23.5 Å². The summed E-state index contributed by atoms with van der Waals surface area (Å²) >= 11 is 1.62. The second kappa shape index (κ2) is 9.72. The van der Waals surface area contributed by atoms with Crippen molar-refractivity contribution in [3.63, 3.8) is 0 Å². The summed E-state index contributed by atoms with van der Waals surface area (Å²) < 4.78 is 28.2. The molecule has 3 aromatic rings. The number of carbonyl (C=O) groups excluding carboxylic acids is 1. The Labute approximate surface area is 181 Å². The summed E-state index contributed by atoms with van der Waals surface area (Å²) in [5.74, 6) is 0.789. The van der Waals surface area contributed by atoms with Crippen molar-refractivity contribution in [2.45, 2.75) is 50.6 Å². The zero-order valence-electron chi connectivity index (χ0n) is 17.6. The number of unbranched alkanes of at least 4 members (excludes halogenated alkanes) is 1. The predicted molar refractivity (Wildman–Crippen MR) is 120 cm³/mol. The zero-order valence-corrected chi connectivity index (χ0v) is 19.2. The number of sulfonamides is 1. The number of benzene rings is 1. The number of nitrogens with zero attached hydrogens (tertiary/aromatic N) is 3. The molecule has 1 amide bonds. The van der Waals surface area contributed by atoms with Crippen LogP contribution in [0.5, 0.6) is 0 Å². The molecule has 30 heavy (non-hydrogen) atoms. The molecule has 0 unspecified atom stereocenters. The van der Waals surface area contributed by atoms with Gasteiger partial charge >= 0.3 is 0 Å². The van der Waals surface area contributed by atoms with E-state index in [0.717, 1.165) is 35.6 Å². The molecule has 0 spiro atoms. The van der Waals surface area contributed by atoms with Crippen molar-refractivity contribution >= 4 is 38.3 Å². The van der Waals surface area contributed by atoms with Gasteiger partial charge < -0.3 is 9.88 Å². The van der Waals surface area contributed by atoms with Crippen molar-refractivity contribution in [3.05, 3.63) is 46.4 Å². The van der Waals surface area contributed by atoms with Gasteiger partial charge in [0.1, 0.15) is 5.82 Å². The number of fused-ring (bicyclic) bond motifs is 1. The van der Waals surface area contributed by atoms with Gasteiger partial charge in [-0.3, -0.25) is 4.79 Å². The van der Waals surface area contributed by atoms with Crippen LogP contribution in [0.4, 0.5) is 0 Å². The molecule has 0 aliphatic carbocycles. The number of hydrogen-bond donors (Lipinski definition) is 1. The standard InChI is InChI=1S/C21H28N4O3S2/c1-4-5-12-25-19-9-8-17(30(27,28)24(2)3)14-18(19)23-20(25)10-11-21(26)22-15-16-7-6-13-29-16/h6-9,13-14H,4-5,10-12,15H2,1-3H3,(H,22,26). The summed E-state index contributed by atoms with van der Waals surface area (Å²) in [6.45, 7) is 3.45. The molecule has 0 atom stereocenters. The van der Waals surface area contributed by atoms with E-state index in [0.29, 0.717) is 24.9 Å². The molecule has 162 valence electrons. The lowest BCUT2D eigenvalue weighted by Gasteiger charge is -2.11. The van der Waals surface area contributed by atoms with E-state index in [1.807, 2.05) is 23.6 Å². The lowest BCUT2D eigenvalue weighted by molar-refractivity contribution is -0.121. The highest BCUT2D eigenvalue weighted by Gasteiger charge is 2.20. The Bertz CT molecular complexity index is 1100. The first-order chi connectivity index (χ1) is 14.3. The van der Waals surface area contributed by atoms with Gasteiger partial charge in [0.25, 0.3) is 0 Å². The maximum atomic E-state index is 12.5. The lowest BCUT2D eigenvalue weighted by atomic mass is 10.2. The molecule has 1 N–H and O–H groups in total. The van der Waals surface area contributed by atoms with Crippen molar-refractivity contribution in [1.29, 1.82) is 0 Å². The Kier molecular flexibility index (Phi) is 7.27. The van der Waals surface area contributed by atoms with Gasteiger partial charge in [0.05, 0.1) is 22.5 Å². The molecule has 0 fully saturated rings. The molecule has 3 rings (SSSR count). The third kappa shape index (κ3) is 5.08. The van der Waals surface area contributed by atoms with Crippen LogP contribution in [0.25, 0.3) is 11.0 Å². The fraction of sp³-hybridized carbons (Fsp3) is 0.429. The number of aryl methyl sites for hydroxylation is 2. The molecule has 0 saturated carbocycles. The Morgan fingerprint density at radius 2 is 2.07 bits per heavy atom. The van der Waals surface area contributed by atoms with Crippen LogP contribution in [-0.4, -0.2) is 42.3 Å². The first kappa shape index (κ1) is 22.5. The number of thiophene rings is 1. The SMILES string of the molecule is CCCCn1c(CCC(=O)NCc2cccs2)nc2cc(S(=O)(=O)N(C)C)ccc21. The van der Waals surface area contributed by atoms with E-state index in [4.69, 9.17) is 0 Å². The lowest BCUT2D eigenvalue weighted by Crippen LogP contribution is -2.23. The van der Waals surface area contributed by atoms with E-state index >= 15 is 0 Å². The highest BCUT2D eigenvalue weighted by Crippen LogP contribution is 2.23. The number of aromatic nitrogens is 2. The summed E-state index contributed by atoms with van der Waals surface area (Å²) in [5.41, 5.74) is 1.54. The zero-order chi connectivity index (χ0) is 21.7. The van der Waals surface area contributed by atoms with Crippen LogP contribution < -0.4 is 5.32 Å². The number of imidazole rings is 1. The van der Waals surface area contributed by atoms with Gasteiger partial charge in [-0.15, -0.1) is 11.3 Å². The summed E-state index contributed by atoms with van der Waals surface area (Å²) in [6.07, 6.45) is 2.86. The number of hydrogen-bond acceptors (Lipinski definition) is 5. The van der Waals surface area contributed by atoms with E-state index < -0.39 is 10.0 Å². The van der Waals surface area contributed by atoms with Crippen molar-refractivity contribution in [2.75, 3.05) is 14.1 Å². The van der Waals surface area contributed by atoms with Gasteiger partial charge in [0.2, 0.25) is 15.9 Å². The number of amides is 1. The predicted octanol–water partition coefficient (Wildman–Crippen LogP) is 3.40. The smallest absolute Gasteiger partial charge is 0.242 e. The Hall–Kier alpha value is -2.23. The van der Waals surface area contributed by atoms with Crippen LogP contribution in [-0.2, 0) is 34.3 Å². The highest BCUT2D eigenvalue weighted by molar-refractivity contribution is 7.89. The van der Waals surface area contributed by atoms with Crippen LogP contribution in [0.3, 0.4) is 0 Å². The Morgan fingerprint density at radius 3 is 2.73 bits per heavy atom. The molecule has 0 aliphatic heterocycles. The van der Waals surface area contributed by atoms with Crippen LogP contribution in [0, 0.1) is 0 Å². The summed E-state index contributed by atoms with van der Waals surface area (Å²) in [7, 11) is -0.496. The van der Waals surface area contributed by atoms with Gasteiger partial charge in [0, 0.05) is 38.4 Å². The first-order valence-corrected chi connectivity index (χ1v) is 12.4. The average molecular weight is 449 g/mol. The van der Waals surface area contributed by atoms with Crippen molar-refractivity contribution in [2.24, 2.45) is 0 Å². The fourth-order valence-electron chi connectivity index (χ4n) is 3.20. The van der Waals surface area contributed by atoms with E-state index in [2.05, 4.69) is 21.8 Å². The summed E-state index contributed by atoms with van der Waals surface area (Å²) in [6, 6.07) is 9.02. The van der Waals surface area contributed by atoms with Crippen molar-refractivity contribution in [1.82, 2.24) is 19.2 Å². The van der Waals surface area contributed by atoms with Gasteiger partial charge in [-0.2, -0.15) is 0 Å². The van der Waals surface area contributed by atoms with Gasteiger partial charge in [0.15, 0.2) is 0 Å². The highest BCUT2D eigenvalue weighted by atomic mass is 32.2. The molecule has 0 bridgehead atoms. The largest absolute Gasteiger partial charge is 0.351 e. The van der Waals surface area contributed by atoms with E-state index in [1.165, 1.54) is 18.4 Å². The number of nitrogens with one attached hydrogen (secondary N) is 1. The molecular weight excluding hydrogens is 420 g/mol. The number of rotatable bonds is 10. The number of carbonyl (C=O) groups is 1. The monoisotopic (exact) mass is 448 g/mol. The minimum absolute atomic E-state index is 0.0200. The maximum Gasteiger partial charge on any atom is 0.242 e. The molecule has 0 radical (unpaired) electrons. The van der Waals surface area contributed by atoms with E-state index in [-0.39, 0.29) is 10.8 Å².